The standard InChI is InChI=1S/C20H18Br2O4/c21-15-5-1-12(2-6-15)17(24)9-14-11-26-18(10-23)19(14)20(25)13-3-7-16(22)8-4-13/h1-8,14,18-19,23H,9-11H2/t14-,18-,19+/m0/s1. The van der Waals surface area contributed by atoms with Crippen LogP contribution in [-0.4, -0.2) is 36.0 Å². The molecule has 2 aromatic carbocycles. The van der Waals surface area contributed by atoms with Gasteiger partial charge in [0, 0.05) is 32.4 Å². The lowest BCUT2D eigenvalue weighted by atomic mass is 9.81. The van der Waals surface area contributed by atoms with Crippen molar-refractivity contribution in [3.8, 4) is 0 Å². The molecule has 1 saturated heterocycles. The molecule has 1 fully saturated rings. The monoisotopic (exact) mass is 480 g/mol. The molecule has 1 heterocycles. The second kappa shape index (κ2) is 8.57. The number of hydrogen-bond acceptors (Lipinski definition) is 4. The Balaban J connectivity index is 1.79. The quantitative estimate of drug-likeness (QED) is 0.625. The maximum absolute atomic E-state index is 13.0. The molecule has 1 aliphatic rings. The molecule has 3 atom stereocenters. The van der Waals surface area contributed by atoms with Crippen LogP contribution in [0.25, 0.3) is 0 Å². The number of benzene rings is 2. The summed E-state index contributed by atoms with van der Waals surface area (Å²) in [5, 5.41) is 9.60. The molecule has 0 amide bonds. The number of ether oxygens (including phenoxy) is 1. The van der Waals surface area contributed by atoms with E-state index in [-0.39, 0.29) is 30.5 Å². The van der Waals surface area contributed by atoms with Crippen molar-refractivity contribution in [1.82, 2.24) is 0 Å². The molecule has 6 heteroatoms. The summed E-state index contributed by atoms with van der Waals surface area (Å²) >= 11 is 6.71. The zero-order chi connectivity index (χ0) is 18.7. The molecule has 0 aliphatic carbocycles. The molecule has 0 spiro atoms. The second-order valence-corrected chi connectivity index (χ2v) is 8.18. The predicted molar refractivity (Wildman–Crippen MR) is 105 cm³/mol. The van der Waals surface area contributed by atoms with E-state index in [1.807, 2.05) is 12.1 Å². The van der Waals surface area contributed by atoms with Crippen LogP contribution < -0.4 is 0 Å². The average molecular weight is 482 g/mol. The van der Waals surface area contributed by atoms with Gasteiger partial charge in [-0.15, -0.1) is 0 Å². The largest absolute Gasteiger partial charge is 0.394 e. The number of ketones is 2. The summed E-state index contributed by atoms with van der Waals surface area (Å²) in [4.78, 5) is 25.6. The van der Waals surface area contributed by atoms with Crippen molar-refractivity contribution < 1.29 is 19.4 Å². The molecule has 0 radical (unpaired) electrons. The summed E-state index contributed by atoms with van der Waals surface area (Å²) in [6.45, 7) is 0.0519. The normalized spacial score (nSPS) is 22.3. The van der Waals surface area contributed by atoms with E-state index in [0.29, 0.717) is 17.7 Å². The number of aliphatic hydroxyl groups is 1. The lowest BCUT2D eigenvalue weighted by Crippen LogP contribution is -2.32. The van der Waals surface area contributed by atoms with Crippen LogP contribution in [0.5, 0.6) is 0 Å². The van der Waals surface area contributed by atoms with Gasteiger partial charge in [0.2, 0.25) is 0 Å². The Hall–Kier alpha value is -1.34. The molecular formula is C20H18Br2O4. The Morgan fingerprint density at radius 3 is 2.04 bits per heavy atom. The third-order valence-corrected chi connectivity index (χ3v) is 5.72. The third kappa shape index (κ3) is 4.31. The van der Waals surface area contributed by atoms with Crippen molar-refractivity contribution in [1.29, 1.82) is 0 Å². The van der Waals surface area contributed by atoms with Gasteiger partial charge in [-0.25, -0.2) is 0 Å². The highest BCUT2D eigenvalue weighted by molar-refractivity contribution is 9.10. The first-order valence-corrected chi connectivity index (χ1v) is 9.89. The smallest absolute Gasteiger partial charge is 0.169 e. The van der Waals surface area contributed by atoms with E-state index in [1.165, 1.54) is 0 Å². The fraction of sp³-hybridized carbons (Fsp3) is 0.300. The summed E-state index contributed by atoms with van der Waals surface area (Å²) in [6, 6.07) is 14.3. The highest BCUT2D eigenvalue weighted by Crippen LogP contribution is 2.33. The number of hydrogen-bond donors (Lipinski definition) is 1. The maximum Gasteiger partial charge on any atom is 0.169 e. The van der Waals surface area contributed by atoms with Gasteiger partial charge in [-0.1, -0.05) is 56.1 Å². The first-order chi connectivity index (χ1) is 12.5. The van der Waals surface area contributed by atoms with E-state index in [9.17, 15) is 14.7 Å². The van der Waals surface area contributed by atoms with Crippen molar-refractivity contribution in [2.24, 2.45) is 11.8 Å². The number of rotatable bonds is 6. The predicted octanol–water partition coefficient (Wildman–Crippen LogP) is 4.29. The fourth-order valence-corrected chi connectivity index (χ4v) is 3.82. The van der Waals surface area contributed by atoms with E-state index in [0.717, 1.165) is 8.95 Å². The van der Waals surface area contributed by atoms with Gasteiger partial charge in [-0.05, 0) is 24.3 Å². The van der Waals surface area contributed by atoms with Gasteiger partial charge in [-0.3, -0.25) is 9.59 Å². The second-order valence-electron chi connectivity index (χ2n) is 6.35. The van der Waals surface area contributed by atoms with Gasteiger partial charge in [0.1, 0.15) is 0 Å². The number of Topliss-reactive ketones (excluding diaryl/α,β-unsaturated/α-hetero) is 2. The number of halogens is 2. The zero-order valence-electron chi connectivity index (χ0n) is 13.9. The van der Waals surface area contributed by atoms with E-state index >= 15 is 0 Å². The molecule has 1 aliphatic heterocycles. The minimum Gasteiger partial charge on any atom is -0.394 e. The van der Waals surface area contributed by atoms with Gasteiger partial charge >= 0.3 is 0 Å². The van der Waals surface area contributed by atoms with Crippen molar-refractivity contribution in [2.75, 3.05) is 13.2 Å². The van der Waals surface area contributed by atoms with Crippen molar-refractivity contribution in [3.63, 3.8) is 0 Å². The first kappa shape index (κ1) is 19.4. The van der Waals surface area contributed by atoms with E-state index in [4.69, 9.17) is 4.74 Å². The van der Waals surface area contributed by atoms with Gasteiger partial charge in [-0.2, -0.15) is 0 Å². The van der Waals surface area contributed by atoms with Gasteiger partial charge in [0.25, 0.3) is 0 Å². The number of carbonyl (C=O) groups is 2. The Bertz CT molecular complexity index is 786. The Kier molecular flexibility index (Phi) is 6.40. The Labute approximate surface area is 168 Å². The van der Waals surface area contributed by atoms with E-state index in [2.05, 4.69) is 31.9 Å². The zero-order valence-corrected chi connectivity index (χ0v) is 17.1. The fourth-order valence-electron chi connectivity index (χ4n) is 3.29. The van der Waals surface area contributed by atoms with Crippen LogP contribution in [0.3, 0.4) is 0 Å². The van der Waals surface area contributed by atoms with Crippen LogP contribution in [0.2, 0.25) is 0 Å². The van der Waals surface area contributed by atoms with Crippen molar-refractivity contribution >= 4 is 43.4 Å². The minimum atomic E-state index is -0.575. The molecule has 2 aromatic rings. The van der Waals surface area contributed by atoms with Gasteiger partial charge < -0.3 is 9.84 Å². The lowest BCUT2D eigenvalue weighted by Gasteiger charge is -2.20. The van der Waals surface area contributed by atoms with E-state index in [1.54, 1.807) is 36.4 Å². The highest BCUT2D eigenvalue weighted by atomic mass is 79.9. The minimum absolute atomic E-state index is 0.0294. The Morgan fingerprint density at radius 1 is 0.962 bits per heavy atom. The van der Waals surface area contributed by atoms with Crippen LogP contribution in [0.4, 0.5) is 0 Å². The van der Waals surface area contributed by atoms with E-state index < -0.39 is 12.0 Å². The summed E-state index contributed by atoms with van der Waals surface area (Å²) < 4.78 is 7.40. The average Bonchev–Trinajstić information content (AvgIpc) is 3.04. The first-order valence-electron chi connectivity index (χ1n) is 8.30. The van der Waals surface area contributed by atoms with Gasteiger partial charge in [0.15, 0.2) is 11.6 Å². The molecule has 0 aromatic heterocycles. The van der Waals surface area contributed by atoms with Crippen molar-refractivity contribution in [3.05, 3.63) is 68.6 Å². The molecule has 136 valence electrons. The molecular weight excluding hydrogens is 464 g/mol. The summed E-state index contributed by atoms with van der Waals surface area (Å²) in [7, 11) is 0. The van der Waals surface area contributed by atoms with Crippen LogP contribution in [-0.2, 0) is 4.74 Å². The van der Waals surface area contributed by atoms with Crippen LogP contribution in [0.1, 0.15) is 27.1 Å². The molecule has 0 unspecified atom stereocenters. The topological polar surface area (TPSA) is 63.6 Å². The van der Waals surface area contributed by atoms with Gasteiger partial charge in [0.05, 0.1) is 25.2 Å². The lowest BCUT2D eigenvalue weighted by molar-refractivity contribution is 0.0374. The molecule has 1 N–H and O–H groups in total. The maximum atomic E-state index is 13.0. The van der Waals surface area contributed by atoms with Crippen molar-refractivity contribution in [2.45, 2.75) is 12.5 Å². The highest BCUT2D eigenvalue weighted by Gasteiger charge is 2.42. The summed E-state index contributed by atoms with van der Waals surface area (Å²) in [5.74, 6) is -0.902. The molecule has 26 heavy (non-hydrogen) atoms. The summed E-state index contributed by atoms with van der Waals surface area (Å²) in [6.07, 6.45) is -0.362. The number of carbonyl (C=O) groups excluding carboxylic acids is 2. The van der Waals surface area contributed by atoms with Crippen LogP contribution >= 0.6 is 31.9 Å². The molecule has 0 bridgehead atoms. The molecule has 3 rings (SSSR count). The Morgan fingerprint density at radius 2 is 1.50 bits per heavy atom. The number of aliphatic hydroxyl groups excluding tert-OH is 1. The SMILES string of the molecule is O=C(C[C@H]1CO[C@@H](CO)[C@@H]1C(=O)c1ccc(Br)cc1)c1ccc(Br)cc1. The molecule has 0 saturated carbocycles. The van der Waals surface area contributed by atoms with Crippen LogP contribution in [0.15, 0.2) is 57.5 Å². The summed E-state index contributed by atoms with van der Waals surface area (Å²) in [5.41, 5.74) is 1.17. The molecule has 4 nitrogen and oxygen atoms in total. The third-order valence-electron chi connectivity index (χ3n) is 4.66. The van der Waals surface area contributed by atoms with Crippen LogP contribution in [0, 0.1) is 11.8 Å².